The summed E-state index contributed by atoms with van der Waals surface area (Å²) in [4.78, 5) is 29.2. The number of carbonyl (C=O) groups is 2. The summed E-state index contributed by atoms with van der Waals surface area (Å²) in [6.07, 6.45) is 1.69. The number of hydrogen-bond acceptors (Lipinski definition) is 3. The van der Waals surface area contributed by atoms with Crippen LogP contribution in [0.2, 0.25) is 0 Å². The third-order valence-corrected chi connectivity index (χ3v) is 6.21. The van der Waals surface area contributed by atoms with Gasteiger partial charge in [0.05, 0.1) is 23.3 Å². The van der Waals surface area contributed by atoms with Gasteiger partial charge in [0.2, 0.25) is 11.8 Å². The highest BCUT2D eigenvalue weighted by Crippen LogP contribution is 2.38. The third kappa shape index (κ3) is 2.80. The maximum Gasteiger partial charge on any atom is 0.232 e. The molecule has 7 heteroatoms. The lowest BCUT2D eigenvalue weighted by Gasteiger charge is -2.23. The Kier molecular flexibility index (Phi) is 4.34. The van der Waals surface area contributed by atoms with Gasteiger partial charge in [0.1, 0.15) is 11.5 Å². The van der Waals surface area contributed by atoms with Crippen molar-refractivity contribution in [3.05, 3.63) is 54.5 Å². The number of hydrogen-bond donors (Lipinski definition) is 0. The van der Waals surface area contributed by atoms with Crippen LogP contribution in [-0.2, 0) is 9.59 Å². The van der Waals surface area contributed by atoms with Crippen LogP contribution in [0.25, 0.3) is 16.6 Å². The van der Waals surface area contributed by atoms with Crippen LogP contribution in [0, 0.1) is 23.6 Å². The van der Waals surface area contributed by atoms with Crippen LogP contribution in [-0.4, -0.2) is 46.1 Å². The number of rotatable bonds is 3. The number of carbonyl (C=O) groups excluding carboxylic acids is 2. The monoisotopic (exact) mass is 406 g/mol. The highest BCUT2D eigenvalue weighted by Gasteiger charge is 2.48. The second-order valence-electron chi connectivity index (χ2n) is 8.43. The predicted octanol–water partition coefficient (Wildman–Crippen LogP) is 3.24. The average Bonchev–Trinajstić information content (AvgIpc) is 3.42. The van der Waals surface area contributed by atoms with Gasteiger partial charge in [-0.25, -0.2) is 9.07 Å². The van der Waals surface area contributed by atoms with Gasteiger partial charge in [-0.3, -0.25) is 9.59 Å². The van der Waals surface area contributed by atoms with Gasteiger partial charge < -0.3 is 9.80 Å². The highest BCUT2D eigenvalue weighted by molar-refractivity contribution is 6.05. The van der Waals surface area contributed by atoms with Crippen molar-refractivity contribution in [3.63, 3.8) is 0 Å². The Balaban J connectivity index is 1.47. The van der Waals surface area contributed by atoms with Crippen LogP contribution in [0.1, 0.15) is 13.8 Å². The van der Waals surface area contributed by atoms with E-state index in [2.05, 4.69) is 5.10 Å². The molecule has 2 aliphatic rings. The average molecular weight is 406 g/mol. The Hall–Kier alpha value is -3.22. The predicted molar refractivity (Wildman–Crippen MR) is 112 cm³/mol. The van der Waals surface area contributed by atoms with Gasteiger partial charge in [-0.1, -0.05) is 32.0 Å². The molecular weight excluding hydrogens is 383 g/mol. The molecule has 154 valence electrons. The van der Waals surface area contributed by atoms with Gasteiger partial charge >= 0.3 is 0 Å². The summed E-state index contributed by atoms with van der Waals surface area (Å²) >= 11 is 0. The molecule has 0 spiro atoms. The van der Waals surface area contributed by atoms with Crippen LogP contribution >= 0.6 is 0 Å². The molecule has 6 nitrogen and oxygen atoms in total. The van der Waals surface area contributed by atoms with Crippen LogP contribution < -0.4 is 4.90 Å². The third-order valence-electron chi connectivity index (χ3n) is 6.21. The van der Waals surface area contributed by atoms with E-state index in [-0.39, 0.29) is 35.4 Å². The first-order chi connectivity index (χ1) is 14.5. The lowest BCUT2D eigenvalue weighted by atomic mass is 10.0. The quantitative estimate of drug-likeness (QED) is 0.671. The number of amides is 2. The molecule has 5 rings (SSSR count). The van der Waals surface area contributed by atoms with E-state index in [0.717, 1.165) is 16.6 Å². The fourth-order valence-corrected chi connectivity index (χ4v) is 4.71. The van der Waals surface area contributed by atoms with Crippen LogP contribution in [0.4, 0.5) is 10.1 Å². The first-order valence-electron chi connectivity index (χ1n) is 10.3. The maximum atomic E-state index is 14.3. The fourth-order valence-electron chi connectivity index (χ4n) is 4.71. The normalized spacial score (nSPS) is 21.1. The molecule has 3 aromatic rings. The van der Waals surface area contributed by atoms with Crippen molar-refractivity contribution in [1.29, 1.82) is 0 Å². The minimum absolute atomic E-state index is 0.0465. The Morgan fingerprint density at radius 1 is 1.07 bits per heavy atom. The zero-order valence-electron chi connectivity index (χ0n) is 17.0. The van der Waals surface area contributed by atoms with E-state index < -0.39 is 0 Å². The van der Waals surface area contributed by atoms with Crippen molar-refractivity contribution in [2.45, 2.75) is 13.8 Å². The van der Waals surface area contributed by atoms with Gasteiger partial charge in [0.15, 0.2) is 0 Å². The highest BCUT2D eigenvalue weighted by atomic mass is 19.1. The number of para-hydroxylation sites is 1. The largest absolute Gasteiger partial charge is 0.341 e. The van der Waals surface area contributed by atoms with Crippen LogP contribution in [0.15, 0.2) is 48.7 Å². The Morgan fingerprint density at radius 3 is 2.57 bits per heavy atom. The second-order valence-corrected chi connectivity index (χ2v) is 8.43. The second kappa shape index (κ2) is 6.93. The minimum Gasteiger partial charge on any atom is -0.341 e. The molecule has 0 N–H and O–H groups in total. The molecule has 2 atom stereocenters. The molecule has 0 saturated carbocycles. The molecule has 0 aliphatic carbocycles. The standard InChI is InChI=1S/C23H23FN4O2/c1-14(2)22(29)26-11-15-12-27(23(30)17(15)13-26)19-8-5-9-20-16(19)10-25-28(20)21-7-4-3-6-18(21)24/h3-10,14-15,17H,11-13H2,1-2H3/t15-,17-/m1/s1. The van der Waals surface area contributed by atoms with Crippen molar-refractivity contribution in [3.8, 4) is 5.69 Å². The molecule has 2 aromatic carbocycles. The molecule has 2 saturated heterocycles. The Morgan fingerprint density at radius 2 is 1.83 bits per heavy atom. The SMILES string of the molecule is CC(C)C(=O)N1C[C@@H]2CN(c3cccc4c3cnn4-c3ccccc3F)C(=O)[C@@H]2C1. The van der Waals surface area contributed by atoms with Gasteiger partial charge in [-0.2, -0.15) is 5.10 Å². The van der Waals surface area contributed by atoms with E-state index in [4.69, 9.17) is 0 Å². The number of fused-ring (bicyclic) bond motifs is 2. The summed E-state index contributed by atoms with van der Waals surface area (Å²) < 4.78 is 15.9. The number of nitrogens with zero attached hydrogens (tertiary/aromatic N) is 4. The summed E-state index contributed by atoms with van der Waals surface area (Å²) in [6.45, 7) is 5.46. The van der Waals surface area contributed by atoms with Crippen molar-refractivity contribution in [2.24, 2.45) is 17.8 Å². The van der Waals surface area contributed by atoms with E-state index in [9.17, 15) is 14.0 Å². The smallest absolute Gasteiger partial charge is 0.232 e. The van der Waals surface area contributed by atoms with Crippen molar-refractivity contribution in [2.75, 3.05) is 24.5 Å². The molecule has 2 fully saturated rings. The minimum atomic E-state index is -0.352. The number of halogens is 1. The van der Waals surface area contributed by atoms with Gasteiger partial charge in [0.25, 0.3) is 0 Å². The van der Waals surface area contributed by atoms with E-state index in [1.165, 1.54) is 6.07 Å². The molecule has 2 aliphatic heterocycles. The van der Waals surface area contributed by atoms with E-state index >= 15 is 0 Å². The number of anilines is 1. The van der Waals surface area contributed by atoms with Crippen molar-refractivity contribution < 1.29 is 14.0 Å². The number of benzene rings is 2. The summed E-state index contributed by atoms with van der Waals surface area (Å²) in [5, 5.41) is 5.21. The van der Waals surface area contributed by atoms with Gasteiger partial charge in [-0.15, -0.1) is 0 Å². The molecule has 0 radical (unpaired) electrons. The summed E-state index contributed by atoms with van der Waals surface area (Å²) in [5.41, 5.74) is 1.91. The lowest BCUT2D eigenvalue weighted by molar-refractivity contribution is -0.133. The number of aromatic nitrogens is 2. The lowest BCUT2D eigenvalue weighted by Crippen LogP contribution is -2.37. The summed E-state index contributed by atoms with van der Waals surface area (Å²) in [5.74, 6) is -0.286. The number of likely N-dealkylation sites (tertiary alicyclic amines) is 1. The molecule has 3 heterocycles. The first-order valence-corrected chi connectivity index (χ1v) is 10.3. The molecule has 0 unspecified atom stereocenters. The Bertz CT molecular complexity index is 1160. The first kappa shape index (κ1) is 18.8. The summed E-state index contributed by atoms with van der Waals surface area (Å²) in [6, 6.07) is 12.2. The fraction of sp³-hybridized carbons (Fsp3) is 0.348. The Labute approximate surface area is 173 Å². The van der Waals surface area contributed by atoms with E-state index in [1.54, 1.807) is 29.1 Å². The van der Waals surface area contributed by atoms with E-state index in [0.29, 0.717) is 25.3 Å². The maximum absolute atomic E-state index is 14.3. The molecule has 1 aromatic heterocycles. The molecular formula is C23H23FN4O2. The zero-order valence-corrected chi connectivity index (χ0v) is 17.0. The van der Waals surface area contributed by atoms with Gasteiger partial charge in [-0.05, 0) is 24.3 Å². The van der Waals surface area contributed by atoms with Crippen LogP contribution in [0.5, 0.6) is 0 Å². The molecule has 2 amide bonds. The molecule has 0 bridgehead atoms. The summed E-state index contributed by atoms with van der Waals surface area (Å²) in [7, 11) is 0. The van der Waals surface area contributed by atoms with Crippen LogP contribution in [0.3, 0.4) is 0 Å². The van der Waals surface area contributed by atoms with Crippen molar-refractivity contribution >= 4 is 28.4 Å². The topological polar surface area (TPSA) is 58.4 Å². The van der Waals surface area contributed by atoms with Crippen molar-refractivity contribution in [1.82, 2.24) is 14.7 Å². The zero-order chi connectivity index (χ0) is 21.0. The van der Waals surface area contributed by atoms with E-state index in [1.807, 2.05) is 41.8 Å². The van der Waals surface area contributed by atoms with Gasteiger partial charge in [0, 0.05) is 36.9 Å². The molecule has 30 heavy (non-hydrogen) atoms.